The van der Waals surface area contributed by atoms with Gasteiger partial charge in [0.2, 0.25) is 0 Å². The Kier molecular flexibility index (Phi) is 3.79. The topological polar surface area (TPSA) is 59.1 Å². The van der Waals surface area contributed by atoms with Gasteiger partial charge in [0.05, 0.1) is 5.75 Å². The summed E-state index contributed by atoms with van der Waals surface area (Å²) in [5, 5.41) is 3.44. The predicted octanol–water partition coefficient (Wildman–Crippen LogP) is 1.31. The van der Waals surface area contributed by atoms with E-state index in [0.29, 0.717) is 0 Å². The van der Waals surface area contributed by atoms with Gasteiger partial charge in [-0.2, -0.15) is 0 Å². The quantitative estimate of drug-likeness (QED) is 0.883. The molecule has 4 nitrogen and oxygen atoms in total. The highest BCUT2D eigenvalue weighted by molar-refractivity contribution is 7.91. The molecule has 1 aromatic rings. The second-order valence-electron chi connectivity index (χ2n) is 4.60. The summed E-state index contributed by atoms with van der Waals surface area (Å²) in [5.74, 6) is 0.156. The summed E-state index contributed by atoms with van der Waals surface area (Å²) in [6, 6.07) is 3.46. The number of aromatic nitrogens is 1. The van der Waals surface area contributed by atoms with Crippen molar-refractivity contribution in [2.45, 2.75) is 37.3 Å². The van der Waals surface area contributed by atoms with Crippen LogP contribution in [0.2, 0.25) is 0 Å². The molecule has 1 fully saturated rings. The van der Waals surface area contributed by atoms with Crippen LogP contribution in [0.3, 0.4) is 0 Å². The lowest BCUT2D eigenvalue weighted by Gasteiger charge is -2.22. The average molecular weight is 254 g/mol. The van der Waals surface area contributed by atoms with E-state index in [2.05, 4.69) is 10.3 Å². The molecule has 1 N–H and O–H groups in total. The van der Waals surface area contributed by atoms with Crippen molar-refractivity contribution in [3.05, 3.63) is 23.9 Å². The maximum absolute atomic E-state index is 12.1. The monoisotopic (exact) mass is 254 g/mol. The average Bonchev–Trinajstić information content (AvgIpc) is 2.30. The molecule has 0 radical (unpaired) electrons. The van der Waals surface area contributed by atoms with Gasteiger partial charge in [0, 0.05) is 12.2 Å². The first-order valence-electron chi connectivity index (χ1n) is 5.97. The number of nitrogens with one attached hydrogen (secondary N) is 1. The molecular formula is C12H18N2O2S. The van der Waals surface area contributed by atoms with Gasteiger partial charge in [-0.25, -0.2) is 13.4 Å². The largest absolute Gasteiger partial charge is 0.313 e. The van der Waals surface area contributed by atoms with Gasteiger partial charge < -0.3 is 5.32 Å². The lowest BCUT2D eigenvalue weighted by molar-refractivity contribution is 0.423. The van der Waals surface area contributed by atoms with Gasteiger partial charge in [0.15, 0.2) is 14.9 Å². The third-order valence-electron chi connectivity index (χ3n) is 3.04. The molecule has 2 rings (SSSR count). The number of rotatable bonds is 3. The zero-order valence-electron chi connectivity index (χ0n) is 10.0. The Morgan fingerprint density at radius 2 is 2.24 bits per heavy atom. The van der Waals surface area contributed by atoms with Gasteiger partial charge in [-0.05, 0) is 37.9 Å². The lowest BCUT2D eigenvalue weighted by atomic mass is 10.1. The summed E-state index contributed by atoms with van der Waals surface area (Å²) in [4.78, 5) is 4.00. The highest BCUT2D eigenvalue weighted by Gasteiger charge is 2.23. The van der Waals surface area contributed by atoms with Crippen molar-refractivity contribution in [1.29, 1.82) is 0 Å². The van der Waals surface area contributed by atoms with Crippen molar-refractivity contribution in [3.63, 3.8) is 0 Å². The van der Waals surface area contributed by atoms with Crippen molar-refractivity contribution in [2.24, 2.45) is 0 Å². The highest BCUT2D eigenvalue weighted by atomic mass is 32.2. The number of pyridine rings is 1. The highest BCUT2D eigenvalue weighted by Crippen LogP contribution is 2.14. The van der Waals surface area contributed by atoms with Gasteiger partial charge in [0.25, 0.3) is 0 Å². The molecule has 1 aromatic heterocycles. The minimum absolute atomic E-state index is 0.0804. The maximum Gasteiger partial charge on any atom is 0.197 e. The first-order valence-corrected chi connectivity index (χ1v) is 7.62. The third kappa shape index (κ3) is 3.26. The van der Waals surface area contributed by atoms with E-state index >= 15 is 0 Å². The van der Waals surface area contributed by atoms with Gasteiger partial charge >= 0.3 is 0 Å². The molecule has 1 atom stereocenters. The lowest BCUT2D eigenvalue weighted by Crippen LogP contribution is -2.39. The Hall–Kier alpha value is -0.940. The Morgan fingerprint density at radius 3 is 2.82 bits per heavy atom. The van der Waals surface area contributed by atoms with Crippen LogP contribution < -0.4 is 5.32 Å². The number of aryl methyl sites for hydroxylation is 1. The first kappa shape index (κ1) is 12.5. The predicted molar refractivity (Wildman–Crippen MR) is 66.7 cm³/mol. The molecule has 0 amide bonds. The Labute approximate surface area is 102 Å². The molecule has 0 aromatic carbocycles. The van der Waals surface area contributed by atoms with Crippen LogP contribution >= 0.6 is 0 Å². The van der Waals surface area contributed by atoms with E-state index in [1.807, 2.05) is 6.92 Å². The number of sulfone groups is 1. The summed E-state index contributed by atoms with van der Waals surface area (Å²) in [7, 11) is -3.25. The van der Waals surface area contributed by atoms with Crippen molar-refractivity contribution >= 4 is 9.84 Å². The fraction of sp³-hybridized carbons (Fsp3) is 0.583. The minimum Gasteiger partial charge on any atom is -0.313 e. The molecule has 1 saturated heterocycles. The van der Waals surface area contributed by atoms with Gasteiger partial charge in [-0.15, -0.1) is 0 Å². The molecular weight excluding hydrogens is 236 g/mol. The third-order valence-corrected chi connectivity index (χ3v) is 4.76. The van der Waals surface area contributed by atoms with E-state index < -0.39 is 9.84 Å². The van der Waals surface area contributed by atoms with E-state index in [0.717, 1.165) is 31.4 Å². The van der Waals surface area contributed by atoms with Crippen LogP contribution in [0.1, 0.15) is 24.8 Å². The van der Waals surface area contributed by atoms with E-state index in [-0.39, 0.29) is 16.8 Å². The fourth-order valence-corrected chi connectivity index (χ4v) is 3.53. The van der Waals surface area contributed by atoms with Crippen LogP contribution in [-0.4, -0.2) is 31.7 Å². The van der Waals surface area contributed by atoms with Crippen molar-refractivity contribution in [3.8, 4) is 0 Å². The second-order valence-corrected chi connectivity index (χ2v) is 6.58. The molecule has 94 valence electrons. The van der Waals surface area contributed by atoms with Crippen molar-refractivity contribution in [1.82, 2.24) is 10.3 Å². The SMILES string of the molecule is Cc1ccc(S(=O)(=O)C[C@@H]2CCCCN2)nc1. The minimum atomic E-state index is -3.25. The zero-order chi connectivity index (χ0) is 12.3. The van der Waals surface area contributed by atoms with Gasteiger partial charge in [-0.1, -0.05) is 12.5 Å². The van der Waals surface area contributed by atoms with Crippen LogP contribution in [-0.2, 0) is 9.84 Å². The molecule has 17 heavy (non-hydrogen) atoms. The normalized spacial score (nSPS) is 21.4. The Bertz CT molecular complexity index is 462. The van der Waals surface area contributed by atoms with Crippen molar-refractivity contribution < 1.29 is 8.42 Å². The molecule has 0 spiro atoms. The van der Waals surface area contributed by atoms with E-state index in [9.17, 15) is 8.42 Å². The Balaban J connectivity index is 2.10. The van der Waals surface area contributed by atoms with E-state index in [1.54, 1.807) is 18.3 Å². The number of piperidine rings is 1. The second kappa shape index (κ2) is 5.14. The molecule has 0 aliphatic carbocycles. The molecule has 0 saturated carbocycles. The van der Waals surface area contributed by atoms with Gasteiger partial charge in [-0.3, -0.25) is 0 Å². The molecule has 5 heteroatoms. The number of nitrogens with zero attached hydrogens (tertiary/aromatic N) is 1. The van der Waals surface area contributed by atoms with Crippen LogP contribution in [0.5, 0.6) is 0 Å². The number of hydrogen-bond acceptors (Lipinski definition) is 4. The van der Waals surface area contributed by atoms with Crippen LogP contribution in [0.25, 0.3) is 0 Å². The van der Waals surface area contributed by atoms with Gasteiger partial charge in [0.1, 0.15) is 0 Å². The van der Waals surface area contributed by atoms with Crippen LogP contribution in [0.15, 0.2) is 23.4 Å². The zero-order valence-corrected chi connectivity index (χ0v) is 10.8. The molecule has 0 bridgehead atoms. The van der Waals surface area contributed by atoms with Crippen LogP contribution in [0.4, 0.5) is 0 Å². The van der Waals surface area contributed by atoms with Crippen molar-refractivity contribution in [2.75, 3.05) is 12.3 Å². The summed E-state index contributed by atoms with van der Waals surface area (Å²) in [6.07, 6.45) is 4.78. The summed E-state index contributed by atoms with van der Waals surface area (Å²) in [5.41, 5.74) is 0.972. The summed E-state index contributed by atoms with van der Waals surface area (Å²) >= 11 is 0. The standard InChI is InChI=1S/C12H18N2O2S/c1-10-5-6-12(14-8-10)17(15,16)9-11-4-2-3-7-13-11/h5-6,8,11,13H,2-4,7,9H2,1H3/t11-/m0/s1. The van der Waals surface area contributed by atoms with Crippen LogP contribution in [0, 0.1) is 6.92 Å². The number of hydrogen-bond donors (Lipinski definition) is 1. The molecule has 1 aliphatic rings. The Morgan fingerprint density at radius 1 is 1.41 bits per heavy atom. The first-order chi connectivity index (χ1) is 8.08. The summed E-state index contributed by atoms with van der Waals surface area (Å²) < 4.78 is 24.2. The van der Waals surface area contributed by atoms with E-state index in [1.165, 1.54) is 0 Å². The molecule has 2 heterocycles. The van der Waals surface area contributed by atoms with E-state index in [4.69, 9.17) is 0 Å². The maximum atomic E-state index is 12.1. The fourth-order valence-electron chi connectivity index (χ4n) is 2.05. The molecule has 1 aliphatic heterocycles. The summed E-state index contributed by atoms with van der Waals surface area (Å²) in [6.45, 7) is 2.81. The molecule has 0 unspecified atom stereocenters. The smallest absolute Gasteiger partial charge is 0.197 e.